The van der Waals surface area contributed by atoms with Gasteiger partial charge in [0, 0.05) is 18.4 Å². The molecule has 0 bridgehead atoms. The molecule has 1 aromatic rings. The number of carbonyl (C=O) groups is 1. The maximum Gasteiger partial charge on any atom is 0.244 e. The van der Waals surface area contributed by atoms with Crippen LogP contribution in [0.5, 0.6) is 0 Å². The average molecular weight is 230 g/mol. The lowest BCUT2D eigenvalue weighted by atomic mass is 10.5. The molecule has 14 heavy (non-hydrogen) atoms. The monoisotopic (exact) mass is 230 g/mol. The SMILES string of the molecule is O=C(CCSSc1ccccn1)NO. The van der Waals surface area contributed by atoms with Gasteiger partial charge in [0.2, 0.25) is 5.91 Å². The minimum Gasteiger partial charge on any atom is -0.289 e. The minimum atomic E-state index is -0.362. The Morgan fingerprint density at radius 1 is 1.57 bits per heavy atom. The number of aromatic nitrogens is 1. The van der Waals surface area contributed by atoms with Gasteiger partial charge in [-0.3, -0.25) is 10.0 Å². The van der Waals surface area contributed by atoms with Gasteiger partial charge in [0.25, 0.3) is 0 Å². The lowest BCUT2D eigenvalue weighted by Crippen LogP contribution is -2.18. The zero-order valence-electron chi connectivity index (χ0n) is 7.34. The van der Waals surface area contributed by atoms with Gasteiger partial charge < -0.3 is 0 Å². The Morgan fingerprint density at radius 3 is 3.07 bits per heavy atom. The predicted molar refractivity (Wildman–Crippen MR) is 57.1 cm³/mol. The van der Waals surface area contributed by atoms with Crippen LogP contribution in [-0.2, 0) is 4.79 Å². The molecule has 0 aliphatic carbocycles. The van der Waals surface area contributed by atoms with Crippen LogP contribution < -0.4 is 5.48 Å². The highest BCUT2D eigenvalue weighted by atomic mass is 33.1. The Balaban J connectivity index is 2.13. The molecule has 0 unspecified atom stereocenters. The fourth-order valence-electron chi connectivity index (χ4n) is 0.689. The highest BCUT2D eigenvalue weighted by Crippen LogP contribution is 2.29. The van der Waals surface area contributed by atoms with Crippen molar-refractivity contribution in [2.24, 2.45) is 0 Å². The topological polar surface area (TPSA) is 62.2 Å². The van der Waals surface area contributed by atoms with Crippen molar-refractivity contribution in [2.75, 3.05) is 5.75 Å². The van der Waals surface area contributed by atoms with Crippen molar-refractivity contribution in [3.05, 3.63) is 24.4 Å². The number of amides is 1. The van der Waals surface area contributed by atoms with Gasteiger partial charge in [-0.1, -0.05) is 16.9 Å². The molecule has 0 saturated carbocycles. The van der Waals surface area contributed by atoms with Crippen molar-refractivity contribution < 1.29 is 10.0 Å². The third-order valence-corrected chi connectivity index (χ3v) is 3.59. The molecule has 0 aliphatic rings. The molecule has 6 heteroatoms. The summed E-state index contributed by atoms with van der Waals surface area (Å²) in [5, 5.41) is 9.14. The molecule has 2 N–H and O–H groups in total. The molecule has 0 aliphatic heterocycles. The standard InChI is InChI=1S/C8H10N2O2S2/c11-7(10-12)4-6-13-14-8-3-1-2-5-9-8/h1-3,5,12H,4,6H2,(H,10,11). The van der Waals surface area contributed by atoms with Crippen LogP contribution in [0.1, 0.15) is 6.42 Å². The molecule has 76 valence electrons. The molecule has 1 amide bonds. The summed E-state index contributed by atoms with van der Waals surface area (Å²) in [6.45, 7) is 0. The van der Waals surface area contributed by atoms with E-state index in [1.807, 2.05) is 18.2 Å². The Hall–Kier alpha value is -0.720. The van der Waals surface area contributed by atoms with E-state index in [1.165, 1.54) is 21.6 Å². The van der Waals surface area contributed by atoms with Crippen molar-refractivity contribution in [2.45, 2.75) is 11.4 Å². The number of hydrogen-bond donors (Lipinski definition) is 2. The van der Waals surface area contributed by atoms with Crippen LogP contribution in [0.15, 0.2) is 29.4 Å². The Morgan fingerprint density at radius 2 is 2.43 bits per heavy atom. The molecular weight excluding hydrogens is 220 g/mol. The Bertz CT molecular complexity index is 282. The minimum absolute atomic E-state index is 0.307. The summed E-state index contributed by atoms with van der Waals surface area (Å²) in [6, 6.07) is 5.67. The summed E-state index contributed by atoms with van der Waals surface area (Å²) < 4.78 is 0. The number of hydroxylamine groups is 1. The highest BCUT2D eigenvalue weighted by Gasteiger charge is 1.99. The lowest BCUT2D eigenvalue weighted by molar-refractivity contribution is -0.128. The second-order valence-corrected chi connectivity index (χ2v) is 4.79. The van der Waals surface area contributed by atoms with Gasteiger partial charge >= 0.3 is 0 Å². The second kappa shape index (κ2) is 6.69. The zero-order chi connectivity index (χ0) is 10.2. The van der Waals surface area contributed by atoms with Gasteiger partial charge in [-0.15, -0.1) is 0 Å². The smallest absolute Gasteiger partial charge is 0.244 e. The molecule has 0 spiro atoms. The van der Waals surface area contributed by atoms with E-state index in [2.05, 4.69) is 4.98 Å². The predicted octanol–water partition coefficient (Wildman–Crippen LogP) is 1.72. The maximum absolute atomic E-state index is 10.6. The first-order chi connectivity index (χ1) is 6.83. The van der Waals surface area contributed by atoms with E-state index >= 15 is 0 Å². The van der Waals surface area contributed by atoms with Crippen molar-refractivity contribution >= 4 is 27.5 Å². The van der Waals surface area contributed by atoms with E-state index in [0.29, 0.717) is 12.2 Å². The third-order valence-electron chi connectivity index (χ3n) is 1.32. The second-order valence-electron chi connectivity index (χ2n) is 2.36. The van der Waals surface area contributed by atoms with Gasteiger partial charge in [0.15, 0.2) is 0 Å². The first-order valence-electron chi connectivity index (χ1n) is 3.96. The summed E-state index contributed by atoms with van der Waals surface area (Å²) in [5.74, 6) is 0.285. The number of hydrogen-bond acceptors (Lipinski definition) is 5. The number of pyridine rings is 1. The van der Waals surface area contributed by atoms with Crippen LogP contribution in [0, 0.1) is 0 Å². The van der Waals surface area contributed by atoms with Crippen molar-refractivity contribution in [3.63, 3.8) is 0 Å². The van der Waals surface area contributed by atoms with Crippen molar-refractivity contribution in [1.82, 2.24) is 10.5 Å². The molecule has 0 radical (unpaired) electrons. The Kier molecular flexibility index (Phi) is 5.43. The molecule has 4 nitrogen and oxygen atoms in total. The molecule has 1 aromatic heterocycles. The van der Waals surface area contributed by atoms with E-state index in [0.717, 1.165) is 5.03 Å². The first kappa shape index (κ1) is 11.4. The van der Waals surface area contributed by atoms with Crippen molar-refractivity contribution in [1.29, 1.82) is 0 Å². The maximum atomic E-state index is 10.6. The molecular formula is C8H10N2O2S2. The molecule has 0 aromatic carbocycles. The van der Waals surface area contributed by atoms with E-state index in [9.17, 15) is 4.79 Å². The van der Waals surface area contributed by atoms with Gasteiger partial charge in [-0.2, -0.15) is 0 Å². The summed E-state index contributed by atoms with van der Waals surface area (Å²) in [5.41, 5.74) is 1.59. The van der Waals surface area contributed by atoms with Gasteiger partial charge in [-0.25, -0.2) is 10.5 Å². The largest absolute Gasteiger partial charge is 0.289 e. The molecule has 0 saturated heterocycles. The fraction of sp³-hybridized carbons (Fsp3) is 0.250. The van der Waals surface area contributed by atoms with Crippen molar-refractivity contribution in [3.8, 4) is 0 Å². The highest BCUT2D eigenvalue weighted by molar-refractivity contribution is 8.76. The zero-order valence-corrected chi connectivity index (χ0v) is 8.98. The fourth-order valence-corrected chi connectivity index (χ4v) is 2.56. The molecule has 0 atom stereocenters. The van der Waals surface area contributed by atoms with Crippen LogP contribution in [-0.4, -0.2) is 21.9 Å². The molecule has 1 rings (SSSR count). The van der Waals surface area contributed by atoms with E-state index in [1.54, 1.807) is 11.7 Å². The van der Waals surface area contributed by atoms with Crippen LogP contribution >= 0.6 is 21.6 Å². The van der Waals surface area contributed by atoms with Gasteiger partial charge in [0.1, 0.15) is 5.03 Å². The molecule has 0 fully saturated rings. The number of rotatable bonds is 5. The third kappa shape index (κ3) is 4.50. The lowest BCUT2D eigenvalue weighted by Gasteiger charge is -1.98. The number of carbonyl (C=O) groups excluding carboxylic acids is 1. The van der Waals surface area contributed by atoms with Crippen LogP contribution in [0.25, 0.3) is 0 Å². The van der Waals surface area contributed by atoms with Crippen LogP contribution in [0.4, 0.5) is 0 Å². The quantitative estimate of drug-likeness (QED) is 0.349. The Labute approximate surface area is 89.9 Å². The normalized spacial score (nSPS) is 9.79. The summed E-state index contributed by atoms with van der Waals surface area (Å²) >= 11 is 0. The van der Waals surface area contributed by atoms with E-state index in [-0.39, 0.29) is 5.91 Å². The van der Waals surface area contributed by atoms with Gasteiger partial charge in [-0.05, 0) is 22.9 Å². The van der Waals surface area contributed by atoms with Crippen LogP contribution in [0.3, 0.4) is 0 Å². The first-order valence-corrected chi connectivity index (χ1v) is 6.28. The van der Waals surface area contributed by atoms with E-state index < -0.39 is 0 Å². The van der Waals surface area contributed by atoms with Crippen LogP contribution in [0.2, 0.25) is 0 Å². The number of nitrogens with zero attached hydrogens (tertiary/aromatic N) is 1. The van der Waals surface area contributed by atoms with E-state index in [4.69, 9.17) is 5.21 Å². The number of nitrogens with one attached hydrogen (secondary N) is 1. The van der Waals surface area contributed by atoms with Gasteiger partial charge in [0.05, 0.1) is 0 Å². The summed E-state index contributed by atoms with van der Waals surface area (Å²) in [6.07, 6.45) is 2.03. The summed E-state index contributed by atoms with van der Waals surface area (Å²) in [4.78, 5) is 14.7. The molecule has 1 heterocycles. The summed E-state index contributed by atoms with van der Waals surface area (Å²) in [7, 11) is 3.05. The average Bonchev–Trinajstić information content (AvgIpc) is 2.25.